The van der Waals surface area contributed by atoms with Gasteiger partial charge in [-0.15, -0.1) is 0 Å². The Hall–Kier alpha value is -0.340. The Kier molecular flexibility index (Phi) is 4.13. The highest BCUT2D eigenvalue weighted by molar-refractivity contribution is 5.14. The zero-order valence-corrected chi connectivity index (χ0v) is 13.6. The topological polar surface area (TPSA) is 24.1 Å². The summed E-state index contributed by atoms with van der Waals surface area (Å²) in [5.41, 5.74) is 0.459. The number of fused-ring (bicyclic) bond motifs is 2. The molecule has 1 saturated carbocycles. The van der Waals surface area contributed by atoms with Gasteiger partial charge in [0.15, 0.2) is 0 Å². The van der Waals surface area contributed by atoms with Crippen molar-refractivity contribution >= 4 is 0 Å². The van der Waals surface area contributed by atoms with Crippen LogP contribution in [0.3, 0.4) is 0 Å². The van der Waals surface area contributed by atoms with E-state index in [1.165, 1.54) is 6.42 Å². The van der Waals surface area contributed by atoms with E-state index >= 15 is 0 Å². The fourth-order valence-corrected chi connectivity index (χ4v) is 3.48. The van der Waals surface area contributed by atoms with Gasteiger partial charge >= 0.3 is 0 Å². The minimum absolute atomic E-state index is 0.230. The van der Waals surface area contributed by atoms with E-state index in [0.717, 1.165) is 36.8 Å². The van der Waals surface area contributed by atoms with Crippen LogP contribution in [0.15, 0.2) is 12.2 Å². The molecule has 110 valence electrons. The van der Waals surface area contributed by atoms with Gasteiger partial charge in [-0.1, -0.05) is 12.2 Å². The summed E-state index contributed by atoms with van der Waals surface area (Å²) in [5.74, 6) is 3.24. The van der Waals surface area contributed by atoms with Crippen molar-refractivity contribution in [1.82, 2.24) is 10.6 Å². The lowest BCUT2D eigenvalue weighted by Crippen LogP contribution is -2.46. The molecule has 2 aliphatic rings. The Morgan fingerprint density at radius 2 is 1.16 bits per heavy atom. The molecule has 2 heteroatoms. The molecule has 0 aliphatic heterocycles. The van der Waals surface area contributed by atoms with Crippen LogP contribution in [-0.4, -0.2) is 24.2 Å². The molecule has 2 aliphatic carbocycles. The third-order valence-electron chi connectivity index (χ3n) is 4.54. The van der Waals surface area contributed by atoms with Crippen LogP contribution in [0.25, 0.3) is 0 Å². The molecule has 19 heavy (non-hydrogen) atoms. The predicted molar refractivity (Wildman–Crippen MR) is 83.2 cm³/mol. The quantitative estimate of drug-likeness (QED) is 0.762. The maximum atomic E-state index is 3.71. The first-order valence-corrected chi connectivity index (χ1v) is 7.84. The normalized spacial score (nSPS) is 34.2. The molecular weight excluding hydrogens is 232 g/mol. The largest absolute Gasteiger partial charge is 0.312 e. The van der Waals surface area contributed by atoms with Crippen molar-refractivity contribution in [3.63, 3.8) is 0 Å². The molecule has 2 N–H and O–H groups in total. The van der Waals surface area contributed by atoms with Crippen molar-refractivity contribution in [2.75, 3.05) is 13.1 Å². The van der Waals surface area contributed by atoms with Crippen molar-refractivity contribution in [1.29, 1.82) is 0 Å². The fourth-order valence-electron chi connectivity index (χ4n) is 3.48. The van der Waals surface area contributed by atoms with Gasteiger partial charge in [-0.05, 0) is 84.7 Å². The maximum absolute atomic E-state index is 3.71. The van der Waals surface area contributed by atoms with E-state index in [9.17, 15) is 0 Å². The molecule has 4 atom stereocenters. The van der Waals surface area contributed by atoms with E-state index in [1.807, 2.05) is 0 Å². The highest BCUT2D eigenvalue weighted by Gasteiger charge is 2.44. The minimum atomic E-state index is 0.230. The number of hydrogen-bond acceptors (Lipinski definition) is 2. The average Bonchev–Trinajstić information content (AvgIpc) is 2.81. The maximum Gasteiger partial charge on any atom is 0.00966 e. The summed E-state index contributed by atoms with van der Waals surface area (Å²) in [4.78, 5) is 0. The van der Waals surface area contributed by atoms with Crippen LogP contribution < -0.4 is 10.6 Å². The highest BCUT2D eigenvalue weighted by atomic mass is 15.0. The predicted octanol–water partition coefficient (Wildman–Crippen LogP) is 3.20. The SMILES string of the molecule is CC(C)(C)NC[C@@H]1C2C=CC(C2)[C@H]1CNC(C)(C)C. The molecule has 2 rings (SSSR count). The molecule has 0 spiro atoms. The molecule has 2 nitrogen and oxygen atoms in total. The van der Waals surface area contributed by atoms with Crippen molar-refractivity contribution in [2.24, 2.45) is 23.7 Å². The summed E-state index contributed by atoms with van der Waals surface area (Å²) in [7, 11) is 0. The molecule has 0 radical (unpaired) electrons. The number of hydrogen-bond donors (Lipinski definition) is 2. The van der Waals surface area contributed by atoms with E-state index < -0.39 is 0 Å². The van der Waals surface area contributed by atoms with Crippen LogP contribution in [0.5, 0.6) is 0 Å². The summed E-state index contributed by atoms with van der Waals surface area (Å²) < 4.78 is 0. The van der Waals surface area contributed by atoms with Crippen LogP contribution in [0, 0.1) is 23.7 Å². The van der Waals surface area contributed by atoms with E-state index in [4.69, 9.17) is 0 Å². The first kappa shape index (κ1) is 15.1. The van der Waals surface area contributed by atoms with Gasteiger partial charge in [0.25, 0.3) is 0 Å². The van der Waals surface area contributed by atoms with E-state index in [-0.39, 0.29) is 11.1 Å². The fraction of sp³-hybridized carbons (Fsp3) is 0.882. The van der Waals surface area contributed by atoms with Gasteiger partial charge in [0.2, 0.25) is 0 Å². The Balaban J connectivity index is 1.94. The van der Waals surface area contributed by atoms with Crippen molar-refractivity contribution in [3.05, 3.63) is 12.2 Å². The third kappa shape index (κ3) is 4.06. The van der Waals surface area contributed by atoms with Gasteiger partial charge in [-0.2, -0.15) is 0 Å². The second-order valence-corrected chi connectivity index (χ2v) is 8.54. The molecule has 0 saturated heterocycles. The van der Waals surface area contributed by atoms with Gasteiger partial charge in [-0.3, -0.25) is 0 Å². The molecule has 2 bridgehead atoms. The summed E-state index contributed by atoms with van der Waals surface area (Å²) in [6.07, 6.45) is 6.31. The third-order valence-corrected chi connectivity index (χ3v) is 4.54. The molecule has 2 unspecified atom stereocenters. The first-order chi connectivity index (χ1) is 8.66. The van der Waals surface area contributed by atoms with Crippen LogP contribution in [0.1, 0.15) is 48.0 Å². The van der Waals surface area contributed by atoms with Gasteiger partial charge in [0.1, 0.15) is 0 Å². The number of nitrogens with one attached hydrogen (secondary N) is 2. The van der Waals surface area contributed by atoms with Crippen LogP contribution in [0.2, 0.25) is 0 Å². The smallest absolute Gasteiger partial charge is 0.00966 e. The second-order valence-electron chi connectivity index (χ2n) is 8.54. The van der Waals surface area contributed by atoms with Crippen LogP contribution in [-0.2, 0) is 0 Å². The lowest BCUT2D eigenvalue weighted by molar-refractivity contribution is 0.244. The average molecular weight is 264 g/mol. The Labute approximate surface area is 119 Å². The van der Waals surface area contributed by atoms with Crippen LogP contribution in [0.4, 0.5) is 0 Å². The Bertz CT molecular complexity index is 300. The number of rotatable bonds is 4. The zero-order valence-electron chi connectivity index (χ0n) is 13.6. The Morgan fingerprint density at radius 1 is 0.789 bits per heavy atom. The van der Waals surface area contributed by atoms with Crippen molar-refractivity contribution < 1.29 is 0 Å². The molecule has 0 aromatic rings. The summed E-state index contributed by atoms with van der Waals surface area (Å²) in [6.45, 7) is 15.9. The van der Waals surface area contributed by atoms with Gasteiger partial charge in [0, 0.05) is 11.1 Å². The lowest BCUT2D eigenvalue weighted by atomic mass is 9.82. The summed E-state index contributed by atoms with van der Waals surface area (Å²) in [6, 6.07) is 0. The zero-order chi connectivity index (χ0) is 14.3. The van der Waals surface area contributed by atoms with Crippen molar-refractivity contribution in [2.45, 2.75) is 59.0 Å². The molecule has 0 heterocycles. The molecule has 0 aromatic carbocycles. The molecule has 1 fully saturated rings. The highest BCUT2D eigenvalue weighted by Crippen LogP contribution is 2.47. The lowest BCUT2D eigenvalue weighted by Gasteiger charge is -2.33. The molecule has 0 aromatic heterocycles. The van der Waals surface area contributed by atoms with Crippen molar-refractivity contribution in [3.8, 4) is 0 Å². The first-order valence-electron chi connectivity index (χ1n) is 7.84. The molecular formula is C17H32N2. The molecule has 0 amide bonds. The monoisotopic (exact) mass is 264 g/mol. The van der Waals surface area contributed by atoms with E-state index in [0.29, 0.717) is 0 Å². The van der Waals surface area contributed by atoms with Gasteiger partial charge in [-0.25, -0.2) is 0 Å². The summed E-state index contributed by atoms with van der Waals surface area (Å²) in [5, 5.41) is 7.43. The van der Waals surface area contributed by atoms with E-state index in [2.05, 4.69) is 64.3 Å². The number of allylic oxidation sites excluding steroid dienone is 2. The summed E-state index contributed by atoms with van der Waals surface area (Å²) >= 11 is 0. The van der Waals surface area contributed by atoms with Gasteiger partial charge < -0.3 is 10.6 Å². The van der Waals surface area contributed by atoms with Crippen LogP contribution >= 0.6 is 0 Å². The van der Waals surface area contributed by atoms with Gasteiger partial charge in [0.05, 0.1) is 0 Å². The standard InChI is InChI=1S/C17H32N2/c1-16(2,3)18-10-14-12-7-8-13(9-12)15(14)11-19-17(4,5)6/h7-8,12-15,18-19H,9-11H2,1-6H3/t12?,13?,14-,15-/m1/s1. The van der Waals surface area contributed by atoms with E-state index in [1.54, 1.807) is 0 Å². The Morgan fingerprint density at radius 3 is 1.47 bits per heavy atom. The minimum Gasteiger partial charge on any atom is -0.312 e. The second kappa shape index (κ2) is 5.21.